The van der Waals surface area contributed by atoms with Gasteiger partial charge in [-0.25, -0.2) is 0 Å². The summed E-state index contributed by atoms with van der Waals surface area (Å²) in [5.74, 6) is -0.948. The molecule has 1 aromatic heterocycles. The average molecular weight is 237 g/mol. The smallest absolute Gasteiger partial charge is 0.314 e. The fourth-order valence-corrected chi connectivity index (χ4v) is 1.20. The molecular formula is C12H15NO4. The van der Waals surface area contributed by atoms with Gasteiger partial charge in [-0.15, -0.1) is 0 Å². The highest BCUT2D eigenvalue weighted by Gasteiger charge is 2.07. The summed E-state index contributed by atoms with van der Waals surface area (Å²) in [7, 11) is 0. The Balaban J connectivity index is 2.42. The van der Waals surface area contributed by atoms with Crippen molar-refractivity contribution in [1.29, 1.82) is 0 Å². The molecule has 0 unspecified atom stereocenters. The average Bonchev–Trinajstić information content (AvgIpc) is 2.28. The molecular weight excluding hydrogens is 222 g/mol. The van der Waals surface area contributed by atoms with Crippen LogP contribution in [0.2, 0.25) is 0 Å². The summed E-state index contributed by atoms with van der Waals surface area (Å²) in [6.07, 6.45) is 0.894. The quantitative estimate of drug-likeness (QED) is 0.569. The largest absolute Gasteiger partial charge is 0.428 e. The lowest BCUT2D eigenvalue weighted by Gasteiger charge is -2.05. The lowest BCUT2D eigenvalue weighted by atomic mass is 10.2. The summed E-state index contributed by atoms with van der Waals surface area (Å²) in [6, 6.07) is 5.50. The third kappa shape index (κ3) is 5.10. The Bertz CT molecular complexity index is 403. The summed E-state index contributed by atoms with van der Waals surface area (Å²) in [5.41, 5.74) is 1.58. The van der Waals surface area contributed by atoms with Gasteiger partial charge in [0.2, 0.25) is 6.79 Å². The van der Waals surface area contributed by atoms with Gasteiger partial charge in [-0.3, -0.25) is 14.6 Å². The van der Waals surface area contributed by atoms with E-state index in [0.29, 0.717) is 5.69 Å². The Morgan fingerprint density at radius 3 is 2.59 bits per heavy atom. The number of pyridine rings is 1. The molecule has 0 amide bonds. The topological polar surface area (TPSA) is 65.5 Å². The van der Waals surface area contributed by atoms with E-state index in [2.05, 4.69) is 9.72 Å². The zero-order chi connectivity index (χ0) is 12.7. The molecule has 1 rings (SSSR count). The lowest BCUT2D eigenvalue weighted by molar-refractivity contribution is -0.165. The van der Waals surface area contributed by atoms with E-state index in [1.165, 1.54) is 6.92 Å². The van der Waals surface area contributed by atoms with E-state index < -0.39 is 11.9 Å². The Labute approximate surface area is 99.8 Å². The molecule has 0 aliphatic rings. The predicted octanol–water partition coefficient (Wildman–Crippen LogP) is 1.25. The van der Waals surface area contributed by atoms with Crippen molar-refractivity contribution in [1.82, 2.24) is 4.98 Å². The number of aromatic nitrogens is 1. The van der Waals surface area contributed by atoms with Crippen LogP contribution in [0.1, 0.15) is 25.2 Å². The van der Waals surface area contributed by atoms with Gasteiger partial charge in [-0.05, 0) is 18.6 Å². The van der Waals surface area contributed by atoms with E-state index in [-0.39, 0.29) is 13.2 Å². The molecule has 0 spiro atoms. The first-order chi connectivity index (χ1) is 8.11. The van der Waals surface area contributed by atoms with Gasteiger partial charge < -0.3 is 9.47 Å². The maximum absolute atomic E-state index is 11.3. The van der Waals surface area contributed by atoms with Gasteiger partial charge in [0.15, 0.2) is 0 Å². The van der Waals surface area contributed by atoms with Crippen molar-refractivity contribution in [3.05, 3.63) is 29.6 Å². The molecule has 5 nitrogen and oxygen atoms in total. The minimum Gasteiger partial charge on any atom is -0.428 e. The molecule has 0 fully saturated rings. The summed E-state index contributed by atoms with van der Waals surface area (Å²) >= 11 is 0. The van der Waals surface area contributed by atoms with Crippen molar-refractivity contribution in [2.45, 2.75) is 26.7 Å². The molecule has 1 heterocycles. The van der Waals surface area contributed by atoms with Crippen molar-refractivity contribution in [2.24, 2.45) is 0 Å². The number of hydrogen-bond acceptors (Lipinski definition) is 5. The highest BCUT2D eigenvalue weighted by Crippen LogP contribution is 2.02. The maximum atomic E-state index is 11.3. The van der Waals surface area contributed by atoms with E-state index in [1.54, 1.807) is 6.07 Å². The fourth-order valence-electron chi connectivity index (χ4n) is 1.20. The van der Waals surface area contributed by atoms with E-state index >= 15 is 0 Å². The molecule has 0 aromatic carbocycles. The predicted molar refractivity (Wildman–Crippen MR) is 60.0 cm³/mol. The first-order valence-corrected chi connectivity index (χ1v) is 5.35. The molecule has 0 saturated carbocycles. The Hall–Kier alpha value is -1.91. The zero-order valence-corrected chi connectivity index (χ0v) is 9.93. The van der Waals surface area contributed by atoms with Crippen LogP contribution in [-0.4, -0.2) is 23.7 Å². The molecule has 0 saturated heterocycles. The number of esters is 2. The van der Waals surface area contributed by atoms with Crippen LogP contribution in [0.4, 0.5) is 0 Å². The first kappa shape index (κ1) is 13.2. The van der Waals surface area contributed by atoms with E-state index in [9.17, 15) is 9.59 Å². The van der Waals surface area contributed by atoms with Crippen molar-refractivity contribution >= 4 is 11.9 Å². The molecule has 1 aromatic rings. The Morgan fingerprint density at radius 1 is 1.24 bits per heavy atom. The standard InChI is InChI=1S/C12H15NO4/c1-3-10-5-4-6-11(13-10)7-12(15)17-8-16-9(2)14/h4-6H,3,7-8H2,1-2H3. The summed E-state index contributed by atoms with van der Waals surface area (Å²) in [4.78, 5) is 26.0. The molecule has 17 heavy (non-hydrogen) atoms. The molecule has 0 N–H and O–H groups in total. The third-order valence-corrected chi connectivity index (χ3v) is 2.03. The van der Waals surface area contributed by atoms with Gasteiger partial charge in [0, 0.05) is 12.6 Å². The SMILES string of the molecule is CCc1cccc(CC(=O)OCOC(C)=O)n1. The summed E-state index contributed by atoms with van der Waals surface area (Å²) in [6.45, 7) is 2.90. The van der Waals surface area contributed by atoms with Gasteiger partial charge in [0.1, 0.15) is 0 Å². The minimum atomic E-state index is -0.482. The van der Waals surface area contributed by atoms with Gasteiger partial charge in [0.05, 0.1) is 12.1 Å². The number of carbonyl (C=O) groups is 2. The van der Waals surface area contributed by atoms with Crippen LogP contribution < -0.4 is 0 Å². The minimum absolute atomic E-state index is 0.0785. The molecule has 0 atom stereocenters. The molecule has 0 bridgehead atoms. The summed E-state index contributed by atoms with van der Waals surface area (Å²) < 4.78 is 9.20. The normalized spacial score (nSPS) is 9.76. The Morgan fingerprint density at radius 2 is 1.94 bits per heavy atom. The first-order valence-electron chi connectivity index (χ1n) is 5.35. The lowest BCUT2D eigenvalue weighted by Crippen LogP contribution is -2.13. The van der Waals surface area contributed by atoms with Crippen molar-refractivity contribution < 1.29 is 19.1 Å². The van der Waals surface area contributed by atoms with Gasteiger partial charge >= 0.3 is 11.9 Å². The van der Waals surface area contributed by atoms with Crippen molar-refractivity contribution in [3.8, 4) is 0 Å². The van der Waals surface area contributed by atoms with Gasteiger partial charge in [-0.1, -0.05) is 13.0 Å². The second-order valence-electron chi connectivity index (χ2n) is 3.42. The van der Waals surface area contributed by atoms with Gasteiger partial charge in [-0.2, -0.15) is 0 Å². The fraction of sp³-hybridized carbons (Fsp3) is 0.417. The molecule has 92 valence electrons. The maximum Gasteiger partial charge on any atom is 0.314 e. The van der Waals surface area contributed by atoms with Crippen LogP contribution in [0, 0.1) is 0 Å². The second-order valence-corrected chi connectivity index (χ2v) is 3.42. The third-order valence-electron chi connectivity index (χ3n) is 2.03. The second kappa shape index (κ2) is 6.62. The molecule has 0 aliphatic heterocycles. The van der Waals surface area contributed by atoms with E-state index in [4.69, 9.17) is 4.74 Å². The Kier molecular flexibility index (Phi) is 5.13. The van der Waals surface area contributed by atoms with E-state index in [0.717, 1.165) is 12.1 Å². The molecule has 5 heteroatoms. The highest BCUT2D eigenvalue weighted by atomic mass is 16.7. The van der Waals surface area contributed by atoms with Crippen LogP contribution in [0.5, 0.6) is 0 Å². The summed E-state index contributed by atoms with van der Waals surface area (Å²) in [5, 5.41) is 0. The number of aryl methyl sites for hydroxylation is 1. The van der Waals surface area contributed by atoms with Crippen LogP contribution in [0.25, 0.3) is 0 Å². The zero-order valence-electron chi connectivity index (χ0n) is 9.93. The number of rotatable bonds is 5. The number of carbonyl (C=O) groups excluding carboxylic acids is 2. The monoisotopic (exact) mass is 237 g/mol. The number of nitrogens with zero attached hydrogens (tertiary/aromatic N) is 1. The highest BCUT2D eigenvalue weighted by molar-refractivity contribution is 5.72. The van der Waals surface area contributed by atoms with Gasteiger partial charge in [0.25, 0.3) is 0 Å². The van der Waals surface area contributed by atoms with Crippen LogP contribution in [0.3, 0.4) is 0 Å². The number of hydrogen-bond donors (Lipinski definition) is 0. The van der Waals surface area contributed by atoms with E-state index in [1.807, 2.05) is 19.1 Å². The molecule has 0 aliphatic carbocycles. The molecule has 0 radical (unpaired) electrons. The number of ether oxygens (including phenoxy) is 2. The van der Waals surface area contributed by atoms with Crippen LogP contribution >= 0.6 is 0 Å². The van der Waals surface area contributed by atoms with Crippen molar-refractivity contribution in [2.75, 3.05) is 6.79 Å². The van der Waals surface area contributed by atoms with Crippen molar-refractivity contribution in [3.63, 3.8) is 0 Å². The van der Waals surface area contributed by atoms with Crippen LogP contribution in [-0.2, 0) is 31.9 Å². The van der Waals surface area contributed by atoms with Crippen LogP contribution in [0.15, 0.2) is 18.2 Å².